The molecule has 1 heterocycles. The molecule has 0 spiro atoms. The molecule has 0 saturated heterocycles. The molecule has 2 aromatic rings. The lowest BCUT2D eigenvalue weighted by molar-refractivity contribution is 0.187. The van der Waals surface area contributed by atoms with Gasteiger partial charge in [0, 0.05) is 25.8 Å². The van der Waals surface area contributed by atoms with Crippen LogP contribution in [0.15, 0.2) is 39.9 Å². The summed E-state index contributed by atoms with van der Waals surface area (Å²) >= 11 is 0. The Hall–Kier alpha value is -3.03. The van der Waals surface area contributed by atoms with Gasteiger partial charge in [0.25, 0.3) is 5.56 Å². The second kappa shape index (κ2) is 6.82. The number of hydrogen-bond donors (Lipinski definition) is 1. The predicted molar refractivity (Wildman–Crippen MR) is 83.7 cm³/mol. The van der Waals surface area contributed by atoms with E-state index in [2.05, 4.69) is 10.1 Å². The van der Waals surface area contributed by atoms with Gasteiger partial charge in [0.2, 0.25) is 0 Å². The number of nitrogens with zero attached hydrogens (tertiary/aromatic N) is 2. The molecule has 0 radical (unpaired) electrons. The summed E-state index contributed by atoms with van der Waals surface area (Å²) < 4.78 is 12.4. The molecule has 1 amide bonds. The summed E-state index contributed by atoms with van der Waals surface area (Å²) in [6, 6.07) is 7.97. The van der Waals surface area contributed by atoms with E-state index >= 15 is 0 Å². The average Bonchev–Trinajstić information content (AvgIpc) is 2.56. The monoisotopic (exact) mass is 319 g/mol. The Morgan fingerprint density at radius 1 is 1.13 bits per heavy atom. The molecular formula is C15H17N3O5. The Bertz CT molecular complexity index is 820. The Balaban J connectivity index is 2.08. The molecule has 0 aliphatic carbocycles. The fourth-order valence-corrected chi connectivity index (χ4v) is 1.88. The van der Waals surface area contributed by atoms with Crippen LogP contribution < -0.4 is 21.3 Å². The Morgan fingerprint density at radius 3 is 2.39 bits per heavy atom. The number of benzene rings is 1. The molecular weight excluding hydrogens is 302 g/mol. The molecule has 1 aromatic carbocycles. The number of carbonyl (C=O) groups is 1. The maximum Gasteiger partial charge on any atom is 0.411 e. The van der Waals surface area contributed by atoms with E-state index in [4.69, 9.17) is 4.74 Å². The first-order chi connectivity index (χ1) is 10.9. The van der Waals surface area contributed by atoms with Crippen LogP contribution in [0.5, 0.6) is 5.75 Å². The van der Waals surface area contributed by atoms with E-state index in [-0.39, 0.29) is 12.2 Å². The zero-order valence-corrected chi connectivity index (χ0v) is 13.0. The number of anilines is 1. The first-order valence-electron chi connectivity index (χ1n) is 6.76. The van der Waals surface area contributed by atoms with Crippen LogP contribution in [0.1, 0.15) is 5.69 Å². The maximum atomic E-state index is 11.8. The van der Waals surface area contributed by atoms with Crippen molar-refractivity contribution in [1.29, 1.82) is 0 Å². The molecule has 1 aromatic heterocycles. The summed E-state index contributed by atoms with van der Waals surface area (Å²) in [5.74, 6) is 0.536. The fourth-order valence-electron chi connectivity index (χ4n) is 1.88. The lowest BCUT2D eigenvalue weighted by Gasteiger charge is -2.11. The molecule has 122 valence electrons. The summed E-state index contributed by atoms with van der Waals surface area (Å²) in [5.41, 5.74) is 0.234. The van der Waals surface area contributed by atoms with Crippen LogP contribution in [-0.2, 0) is 25.4 Å². The van der Waals surface area contributed by atoms with E-state index in [1.165, 1.54) is 24.8 Å². The first kappa shape index (κ1) is 16.3. The number of hydrogen-bond acceptors (Lipinski definition) is 5. The van der Waals surface area contributed by atoms with E-state index in [9.17, 15) is 14.4 Å². The summed E-state index contributed by atoms with van der Waals surface area (Å²) in [4.78, 5) is 34.5. The SMILES string of the molecule is COC(=O)Nc1ccc(OCc2cc(=O)n(C)c(=O)n2C)cc1. The highest BCUT2D eigenvalue weighted by atomic mass is 16.5. The van der Waals surface area contributed by atoms with Crippen LogP contribution in [0.4, 0.5) is 10.5 Å². The molecule has 1 N–H and O–H groups in total. The Labute approximate surface area is 131 Å². The Kier molecular flexibility index (Phi) is 4.85. The summed E-state index contributed by atoms with van der Waals surface area (Å²) in [7, 11) is 4.27. The van der Waals surface area contributed by atoms with Crippen LogP contribution in [0.3, 0.4) is 0 Å². The van der Waals surface area contributed by atoms with Crippen LogP contribution in [0.25, 0.3) is 0 Å². The minimum Gasteiger partial charge on any atom is -0.487 e. The third-order valence-electron chi connectivity index (χ3n) is 3.30. The lowest BCUT2D eigenvalue weighted by atomic mass is 10.3. The highest BCUT2D eigenvalue weighted by molar-refractivity contribution is 5.84. The highest BCUT2D eigenvalue weighted by Gasteiger charge is 2.07. The smallest absolute Gasteiger partial charge is 0.411 e. The normalized spacial score (nSPS) is 10.2. The van der Waals surface area contributed by atoms with Crippen molar-refractivity contribution in [2.24, 2.45) is 14.1 Å². The molecule has 2 rings (SSSR count). The van der Waals surface area contributed by atoms with Crippen LogP contribution in [0.2, 0.25) is 0 Å². The zero-order valence-electron chi connectivity index (χ0n) is 13.0. The quantitative estimate of drug-likeness (QED) is 0.901. The number of nitrogens with one attached hydrogen (secondary N) is 1. The first-order valence-corrected chi connectivity index (χ1v) is 6.76. The average molecular weight is 319 g/mol. The van der Waals surface area contributed by atoms with E-state index in [1.54, 1.807) is 31.3 Å². The van der Waals surface area contributed by atoms with E-state index < -0.39 is 11.8 Å². The summed E-state index contributed by atoms with van der Waals surface area (Å²) in [6.07, 6.45) is -0.561. The van der Waals surface area contributed by atoms with Gasteiger partial charge in [-0.05, 0) is 24.3 Å². The third-order valence-corrected chi connectivity index (χ3v) is 3.30. The molecule has 0 saturated carbocycles. The molecule has 8 heteroatoms. The number of ether oxygens (including phenoxy) is 2. The van der Waals surface area contributed by atoms with Gasteiger partial charge >= 0.3 is 11.8 Å². The second-order valence-corrected chi connectivity index (χ2v) is 4.80. The van der Waals surface area contributed by atoms with Gasteiger partial charge in [0.15, 0.2) is 0 Å². The lowest BCUT2D eigenvalue weighted by Crippen LogP contribution is -2.38. The van der Waals surface area contributed by atoms with E-state index in [0.29, 0.717) is 17.1 Å². The van der Waals surface area contributed by atoms with Crippen LogP contribution in [0, 0.1) is 0 Å². The van der Waals surface area contributed by atoms with Crippen molar-refractivity contribution in [2.75, 3.05) is 12.4 Å². The number of carbonyl (C=O) groups excluding carboxylic acids is 1. The topological polar surface area (TPSA) is 91.6 Å². The predicted octanol–water partition coefficient (Wildman–Crippen LogP) is 0.841. The maximum absolute atomic E-state index is 11.8. The molecule has 0 aliphatic heterocycles. The highest BCUT2D eigenvalue weighted by Crippen LogP contribution is 2.16. The van der Waals surface area contributed by atoms with Crippen molar-refractivity contribution in [3.63, 3.8) is 0 Å². The minimum absolute atomic E-state index is 0.0750. The van der Waals surface area contributed by atoms with Crippen molar-refractivity contribution in [3.8, 4) is 5.75 Å². The Morgan fingerprint density at radius 2 is 1.78 bits per heavy atom. The van der Waals surface area contributed by atoms with Crippen molar-refractivity contribution < 1.29 is 14.3 Å². The standard InChI is InChI=1S/C15H17N3O5/c1-17-11(8-13(19)18(2)15(17)21)9-23-12-6-4-10(5-7-12)16-14(20)22-3/h4-8H,9H2,1-3H3,(H,16,20). The van der Waals surface area contributed by atoms with Crippen molar-refractivity contribution in [3.05, 3.63) is 56.9 Å². The van der Waals surface area contributed by atoms with Crippen LogP contribution in [-0.4, -0.2) is 22.3 Å². The van der Waals surface area contributed by atoms with Gasteiger partial charge in [-0.25, -0.2) is 9.59 Å². The number of aromatic nitrogens is 2. The molecule has 0 unspecified atom stereocenters. The van der Waals surface area contributed by atoms with Gasteiger partial charge in [-0.15, -0.1) is 0 Å². The molecule has 23 heavy (non-hydrogen) atoms. The molecule has 0 aliphatic rings. The van der Waals surface area contributed by atoms with Gasteiger partial charge in [-0.1, -0.05) is 0 Å². The van der Waals surface area contributed by atoms with Gasteiger partial charge in [-0.3, -0.25) is 19.2 Å². The van der Waals surface area contributed by atoms with Gasteiger partial charge < -0.3 is 9.47 Å². The van der Waals surface area contributed by atoms with E-state index in [1.807, 2.05) is 0 Å². The van der Waals surface area contributed by atoms with Crippen molar-refractivity contribution >= 4 is 11.8 Å². The molecule has 8 nitrogen and oxygen atoms in total. The minimum atomic E-state index is -0.561. The van der Waals surface area contributed by atoms with Crippen LogP contribution >= 0.6 is 0 Å². The van der Waals surface area contributed by atoms with Gasteiger partial charge in [0.1, 0.15) is 12.4 Å². The van der Waals surface area contributed by atoms with Gasteiger partial charge in [0.05, 0.1) is 12.8 Å². The molecule has 0 fully saturated rings. The number of methoxy groups -OCH3 is 1. The van der Waals surface area contributed by atoms with Crippen molar-refractivity contribution in [1.82, 2.24) is 9.13 Å². The van der Waals surface area contributed by atoms with Crippen molar-refractivity contribution in [2.45, 2.75) is 6.61 Å². The summed E-state index contributed by atoms with van der Waals surface area (Å²) in [5, 5.41) is 2.52. The molecule has 0 bridgehead atoms. The molecule has 0 atom stereocenters. The fraction of sp³-hybridized carbons (Fsp3) is 0.267. The second-order valence-electron chi connectivity index (χ2n) is 4.80. The summed E-state index contributed by atoms with van der Waals surface area (Å²) in [6.45, 7) is 0.0750. The van der Waals surface area contributed by atoms with Gasteiger partial charge in [-0.2, -0.15) is 0 Å². The third kappa shape index (κ3) is 3.79. The van der Waals surface area contributed by atoms with E-state index in [0.717, 1.165) is 4.57 Å². The number of amides is 1. The number of rotatable bonds is 4. The zero-order chi connectivity index (χ0) is 17.0. The largest absolute Gasteiger partial charge is 0.487 e.